The van der Waals surface area contributed by atoms with Crippen molar-refractivity contribution in [3.05, 3.63) is 39.5 Å². The molecule has 0 saturated carbocycles. The number of H-pyrrole nitrogens is 1. The lowest BCUT2D eigenvalue weighted by atomic mass is 10.3. The van der Waals surface area contributed by atoms with Gasteiger partial charge in [0.25, 0.3) is 5.56 Å². The molecule has 1 aromatic carbocycles. The van der Waals surface area contributed by atoms with E-state index < -0.39 is 5.82 Å². The third-order valence-electron chi connectivity index (χ3n) is 1.62. The summed E-state index contributed by atoms with van der Waals surface area (Å²) in [5.41, 5.74) is 0.468. The van der Waals surface area contributed by atoms with Gasteiger partial charge < -0.3 is 4.98 Å². The van der Waals surface area contributed by atoms with Gasteiger partial charge in [-0.3, -0.25) is 4.79 Å². The molecule has 0 aliphatic heterocycles. The molecule has 1 aromatic heterocycles. The molecule has 0 unspecified atom stereocenters. The fourth-order valence-electron chi connectivity index (χ4n) is 1.04. The van der Waals surface area contributed by atoms with E-state index in [-0.39, 0.29) is 10.6 Å². The highest BCUT2D eigenvalue weighted by atomic mass is 35.5. The summed E-state index contributed by atoms with van der Waals surface area (Å²) in [4.78, 5) is 17.1. The molecule has 0 spiro atoms. The van der Waals surface area contributed by atoms with E-state index in [1.807, 2.05) is 0 Å². The minimum Gasteiger partial charge on any atom is -0.319 e. The minimum absolute atomic E-state index is 0.0313. The predicted octanol–water partition coefficient (Wildman–Crippen LogP) is 1.72. The van der Waals surface area contributed by atoms with Crippen molar-refractivity contribution in [3.63, 3.8) is 0 Å². The Morgan fingerprint density at radius 2 is 2.23 bits per heavy atom. The first kappa shape index (κ1) is 8.19. The van der Waals surface area contributed by atoms with E-state index in [0.717, 1.165) is 6.20 Å². The van der Waals surface area contributed by atoms with Gasteiger partial charge in [0.05, 0.1) is 22.3 Å². The fourth-order valence-corrected chi connectivity index (χ4v) is 1.20. The van der Waals surface area contributed by atoms with Gasteiger partial charge in [-0.15, -0.1) is 0 Å². The normalized spacial score (nSPS) is 10.6. The molecule has 3 nitrogen and oxygen atoms in total. The Labute approximate surface area is 77.2 Å². The maximum atomic E-state index is 12.9. The summed E-state index contributed by atoms with van der Waals surface area (Å²) in [5.74, 6) is -0.547. The largest absolute Gasteiger partial charge is 0.319 e. The number of halogens is 2. The lowest BCUT2D eigenvalue weighted by Gasteiger charge is -1.97. The van der Waals surface area contributed by atoms with Crippen LogP contribution in [0.15, 0.2) is 23.1 Å². The van der Waals surface area contributed by atoms with Gasteiger partial charge in [0.1, 0.15) is 5.82 Å². The number of benzene rings is 1. The number of nitrogens with zero attached hydrogens (tertiary/aromatic N) is 1. The highest BCUT2D eigenvalue weighted by molar-refractivity contribution is 6.31. The zero-order valence-corrected chi connectivity index (χ0v) is 7.10. The minimum atomic E-state index is -0.547. The van der Waals surface area contributed by atoms with Crippen LogP contribution in [-0.4, -0.2) is 9.97 Å². The van der Waals surface area contributed by atoms with E-state index in [9.17, 15) is 9.18 Å². The predicted molar refractivity (Wildman–Crippen MR) is 47.3 cm³/mol. The summed E-state index contributed by atoms with van der Waals surface area (Å²) in [6, 6.07) is 2.51. The van der Waals surface area contributed by atoms with Gasteiger partial charge in [-0.1, -0.05) is 11.6 Å². The number of hydrogen-bond donors (Lipinski definition) is 1. The summed E-state index contributed by atoms with van der Waals surface area (Å²) in [6.45, 7) is 0. The molecular formula is C8H4ClFN2O. The van der Waals surface area contributed by atoms with E-state index >= 15 is 0 Å². The van der Waals surface area contributed by atoms with Crippen LogP contribution >= 0.6 is 11.6 Å². The number of nitrogens with one attached hydrogen (secondary N) is 1. The zero-order chi connectivity index (χ0) is 9.42. The number of aromatic amines is 1. The molecule has 0 saturated heterocycles. The van der Waals surface area contributed by atoms with E-state index in [4.69, 9.17) is 11.6 Å². The van der Waals surface area contributed by atoms with Gasteiger partial charge in [-0.25, -0.2) is 9.37 Å². The van der Waals surface area contributed by atoms with E-state index in [2.05, 4.69) is 9.97 Å². The molecule has 0 bridgehead atoms. The fraction of sp³-hybridized carbons (Fsp3) is 0. The van der Waals surface area contributed by atoms with Crippen molar-refractivity contribution in [2.75, 3.05) is 0 Å². The van der Waals surface area contributed by atoms with E-state index in [1.54, 1.807) is 0 Å². The number of fused-ring (bicyclic) bond motifs is 1. The van der Waals surface area contributed by atoms with Gasteiger partial charge in [0, 0.05) is 6.07 Å². The van der Waals surface area contributed by atoms with Crippen LogP contribution in [0.5, 0.6) is 0 Å². The van der Waals surface area contributed by atoms with Crippen molar-refractivity contribution < 1.29 is 4.39 Å². The van der Waals surface area contributed by atoms with E-state index in [1.165, 1.54) is 12.1 Å². The van der Waals surface area contributed by atoms with E-state index in [0.29, 0.717) is 11.0 Å². The summed E-state index contributed by atoms with van der Waals surface area (Å²) in [7, 11) is 0. The number of rotatable bonds is 0. The van der Waals surface area contributed by atoms with Gasteiger partial charge in [-0.05, 0) is 6.07 Å². The molecule has 0 radical (unpaired) electrons. The molecule has 0 aliphatic carbocycles. The Balaban J connectivity index is 2.89. The molecule has 5 heteroatoms. The Morgan fingerprint density at radius 1 is 1.46 bits per heavy atom. The molecule has 1 heterocycles. The van der Waals surface area contributed by atoms with Gasteiger partial charge in [0.2, 0.25) is 0 Å². The summed E-state index contributed by atoms with van der Waals surface area (Å²) < 4.78 is 12.9. The van der Waals surface area contributed by atoms with Crippen molar-refractivity contribution in [1.82, 2.24) is 9.97 Å². The van der Waals surface area contributed by atoms with Crippen LogP contribution in [0, 0.1) is 5.82 Å². The number of hydrogen-bond acceptors (Lipinski definition) is 2. The molecule has 0 aliphatic rings. The Bertz CT molecular complexity index is 523. The first-order valence-electron chi connectivity index (χ1n) is 3.51. The second-order valence-corrected chi connectivity index (χ2v) is 2.94. The molecule has 13 heavy (non-hydrogen) atoms. The molecule has 1 N–H and O–H groups in total. The maximum Gasteiger partial charge on any atom is 0.266 e. The molecule has 0 fully saturated rings. The van der Waals surface area contributed by atoms with Crippen LogP contribution in [0.3, 0.4) is 0 Å². The lowest BCUT2D eigenvalue weighted by Crippen LogP contribution is -2.04. The first-order chi connectivity index (χ1) is 6.16. The second kappa shape index (κ2) is 2.81. The van der Waals surface area contributed by atoms with Crippen molar-refractivity contribution in [3.8, 4) is 0 Å². The second-order valence-electron chi connectivity index (χ2n) is 2.53. The SMILES string of the molecule is O=c1cnc2cc(F)c(Cl)cc2[nH]1. The van der Waals surface area contributed by atoms with Gasteiger partial charge in [0.15, 0.2) is 0 Å². The smallest absolute Gasteiger partial charge is 0.266 e. The molecule has 0 amide bonds. The van der Waals surface area contributed by atoms with Crippen LogP contribution < -0.4 is 5.56 Å². The quantitative estimate of drug-likeness (QED) is 0.701. The average molecular weight is 199 g/mol. The third-order valence-corrected chi connectivity index (χ3v) is 1.91. The van der Waals surface area contributed by atoms with Gasteiger partial charge in [-0.2, -0.15) is 0 Å². The Kier molecular flexibility index (Phi) is 1.77. The zero-order valence-electron chi connectivity index (χ0n) is 6.34. The van der Waals surface area contributed by atoms with Crippen molar-refractivity contribution in [2.45, 2.75) is 0 Å². The lowest BCUT2D eigenvalue weighted by molar-refractivity contribution is 0.629. The van der Waals surface area contributed by atoms with Crippen molar-refractivity contribution in [1.29, 1.82) is 0 Å². The monoisotopic (exact) mass is 198 g/mol. The molecule has 2 rings (SSSR count). The summed E-state index contributed by atoms with van der Waals surface area (Å²) >= 11 is 5.52. The molecule has 2 aromatic rings. The highest BCUT2D eigenvalue weighted by Crippen LogP contribution is 2.18. The third kappa shape index (κ3) is 1.40. The van der Waals surface area contributed by atoms with Crippen molar-refractivity contribution in [2.24, 2.45) is 0 Å². The van der Waals surface area contributed by atoms with Crippen LogP contribution in [0.2, 0.25) is 5.02 Å². The highest BCUT2D eigenvalue weighted by Gasteiger charge is 2.03. The summed E-state index contributed by atoms with van der Waals surface area (Å²) in [5, 5.41) is -0.0313. The van der Waals surface area contributed by atoms with Crippen LogP contribution in [-0.2, 0) is 0 Å². The Morgan fingerprint density at radius 3 is 3.00 bits per heavy atom. The Hall–Kier alpha value is -1.42. The molecule has 66 valence electrons. The maximum absolute atomic E-state index is 12.9. The number of aromatic nitrogens is 2. The van der Waals surface area contributed by atoms with Crippen LogP contribution in [0.1, 0.15) is 0 Å². The van der Waals surface area contributed by atoms with Gasteiger partial charge >= 0.3 is 0 Å². The molecule has 0 atom stereocenters. The average Bonchev–Trinajstić information content (AvgIpc) is 2.08. The topological polar surface area (TPSA) is 45.8 Å². The summed E-state index contributed by atoms with van der Waals surface area (Å²) in [6.07, 6.45) is 1.09. The first-order valence-corrected chi connectivity index (χ1v) is 3.89. The van der Waals surface area contributed by atoms with Crippen molar-refractivity contribution >= 4 is 22.6 Å². The standard InChI is InChI=1S/C8H4ClFN2O/c9-4-1-7-6(2-5(4)10)11-3-8(13)12-7/h1-3H,(H,12,13). The van der Waals surface area contributed by atoms with Crippen LogP contribution in [0.4, 0.5) is 4.39 Å². The molecular weight excluding hydrogens is 195 g/mol. The van der Waals surface area contributed by atoms with Crippen LogP contribution in [0.25, 0.3) is 11.0 Å².